The summed E-state index contributed by atoms with van der Waals surface area (Å²) in [6.45, 7) is 1.41. The largest absolute Gasteiger partial charge is 0.381 e. The molecule has 234 valence electrons. The zero-order chi connectivity index (χ0) is 30.7. The Balaban J connectivity index is 1.08. The van der Waals surface area contributed by atoms with Gasteiger partial charge in [0, 0.05) is 41.9 Å². The average molecular weight is 612 g/mol. The fraction of sp³-hybridized carbons (Fsp3) is 0.444. The van der Waals surface area contributed by atoms with Crippen LogP contribution in [-0.4, -0.2) is 40.9 Å². The van der Waals surface area contributed by atoms with Gasteiger partial charge in [-0.15, -0.1) is 0 Å². The Morgan fingerprint density at radius 3 is 2.44 bits per heavy atom. The molecular formula is C36H39F2N5O2. The molecule has 9 heteroatoms. The van der Waals surface area contributed by atoms with Crippen LogP contribution in [0.4, 0.5) is 20.3 Å². The van der Waals surface area contributed by atoms with Crippen molar-refractivity contribution < 1.29 is 18.3 Å². The molecule has 7 nitrogen and oxygen atoms in total. The van der Waals surface area contributed by atoms with Gasteiger partial charge >= 0.3 is 0 Å². The molecule has 5 N–H and O–H groups in total. The van der Waals surface area contributed by atoms with Crippen LogP contribution in [0.1, 0.15) is 77.9 Å². The van der Waals surface area contributed by atoms with E-state index in [0.717, 1.165) is 59.8 Å². The van der Waals surface area contributed by atoms with Gasteiger partial charge in [-0.25, -0.2) is 8.78 Å². The number of ether oxygens (including phenoxy) is 1. The number of aromatic nitrogens is 2. The summed E-state index contributed by atoms with van der Waals surface area (Å²) >= 11 is 0. The third-order valence-electron chi connectivity index (χ3n) is 10.8. The second-order valence-electron chi connectivity index (χ2n) is 14.1. The molecule has 4 bridgehead atoms. The maximum atomic E-state index is 13.9. The molecule has 3 unspecified atom stereocenters. The van der Waals surface area contributed by atoms with Crippen LogP contribution in [0.5, 0.6) is 0 Å². The molecule has 0 radical (unpaired) electrons. The van der Waals surface area contributed by atoms with Gasteiger partial charge < -0.3 is 21.1 Å². The average Bonchev–Trinajstić information content (AvgIpc) is 3.38. The summed E-state index contributed by atoms with van der Waals surface area (Å²) in [5.41, 5.74) is 11.7. The first kappa shape index (κ1) is 28.6. The Morgan fingerprint density at radius 2 is 1.71 bits per heavy atom. The zero-order valence-corrected chi connectivity index (χ0v) is 25.3. The number of nitrogens with two attached hydrogens (primary N) is 1. The van der Waals surface area contributed by atoms with E-state index in [4.69, 9.17) is 10.5 Å². The Hall–Kier alpha value is -3.82. The summed E-state index contributed by atoms with van der Waals surface area (Å²) < 4.78 is 33.2. The summed E-state index contributed by atoms with van der Waals surface area (Å²) in [5.74, 6) is 1.40. The molecule has 4 saturated carbocycles. The van der Waals surface area contributed by atoms with Gasteiger partial charge in [-0.3, -0.25) is 9.89 Å². The molecule has 1 saturated heterocycles. The van der Waals surface area contributed by atoms with Crippen LogP contribution >= 0.6 is 0 Å². The van der Waals surface area contributed by atoms with Crippen LogP contribution in [0.3, 0.4) is 0 Å². The molecule has 4 aromatic rings. The van der Waals surface area contributed by atoms with Crippen molar-refractivity contribution in [1.82, 2.24) is 10.2 Å². The number of rotatable bonds is 7. The molecule has 5 fully saturated rings. The lowest BCUT2D eigenvalue weighted by molar-refractivity contribution is -0.0202. The van der Waals surface area contributed by atoms with Crippen LogP contribution < -0.4 is 16.4 Å². The molecule has 1 aliphatic heterocycles. The Labute approximate surface area is 261 Å². The van der Waals surface area contributed by atoms with Crippen LogP contribution in [0.2, 0.25) is 0 Å². The lowest BCUT2D eigenvalue weighted by Crippen LogP contribution is -2.58. The summed E-state index contributed by atoms with van der Waals surface area (Å²) in [6, 6.07) is 15.8. The fourth-order valence-corrected chi connectivity index (χ4v) is 9.17. The van der Waals surface area contributed by atoms with E-state index >= 15 is 0 Å². The Kier molecular flexibility index (Phi) is 7.13. The quantitative estimate of drug-likeness (QED) is 0.182. The molecule has 2 heterocycles. The first-order valence-corrected chi connectivity index (χ1v) is 16.3. The van der Waals surface area contributed by atoms with E-state index in [1.165, 1.54) is 37.0 Å². The van der Waals surface area contributed by atoms with Gasteiger partial charge in [0.2, 0.25) is 0 Å². The summed E-state index contributed by atoms with van der Waals surface area (Å²) in [7, 11) is 0. The van der Waals surface area contributed by atoms with Gasteiger partial charge in [-0.2, -0.15) is 5.10 Å². The third-order valence-corrected chi connectivity index (χ3v) is 10.8. The van der Waals surface area contributed by atoms with Crippen LogP contribution in [0.25, 0.3) is 10.9 Å². The molecule has 0 spiro atoms. The summed E-state index contributed by atoms with van der Waals surface area (Å²) in [4.78, 5) is 13.9. The van der Waals surface area contributed by atoms with E-state index in [1.54, 1.807) is 0 Å². The number of carbonyl (C=O) groups is 1. The van der Waals surface area contributed by atoms with Gasteiger partial charge in [0.05, 0.1) is 11.1 Å². The highest BCUT2D eigenvalue weighted by Gasteiger charge is 2.54. The molecule has 9 rings (SSSR count). The van der Waals surface area contributed by atoms with Crippen molar-refractivity contribution in [2.45, 2.75) is 68.9 Å². The monoisotopic (exact) mass is 611 g/mol. The second kappa shape index (κ2) is 11.2. The molecule has 1 aromatic heterocycles. The topological polar surface area (TPSA) is 105 Å². The Morgan fingerprint density at radius 1 is 0.956 bits per heavy atom. The lowest BCUT2D eigenvalue weighted by atomic mass is 9.48. The molecular weight excluding hydrogens is 572 g/mol. The highest BCUT2D eigenvalue weighted by molar-refractivity contribution is 6.10. The number of hydrogen-bond donors (Lipinski definition) is 4. The van der Waals surface area contributed by atoms with Crippen molar-refractivity contribution in [3.63, 3.8) is 0 Å². The first-order chi connectivity index (χ1) is 21.8. The third kappa shape index (κ3) is 5.61. The van der Waals surface area contributed by atoms with E-state index in [2.05, 4.69) is 33.0 Å². The Bertz CT molecular complexity index is 1730. The zero-order valence-electron chi connectivity index (χ0n) is 25.3. The number of amides is 1. The van der Waals surface area contributed by atoms with E-state index in [-0.39, 0.29) is 17.5 Å². The van der Waals surface area contributed by atoms with Crippen LogP contribution in [0, 0.1) is 29.4 Å². The van der Waals surface area contributed by atoms with Gasteiger partial charge in [-0.05, 0) is 128 Å². The van der Waals surface area contributed by atoms with Crippen molar-refractivity contribution in [2.24, 2.45) is 23.5 Å². The normalized spacial score (nSPS) is 27.6. The minimum atomic E-state index is -0.606. The first-order valence-electron chi connectivity index (χ1n) is 16.3. The van der Waals surface area contributed by atoms with Crippen molar-refractivity contribution in [2.75, 3.05) is 23.8 Å². The van der Waals surface area contributed by atoms with Crippen LogP contribution in [-0.2, 0) is 11.2 Å². The van der Waals surface area contributed by atoms with Crippen molar-refractivity contribution in [3.05, 3.63) is 88.5 Å². The minimum Gasteiger partial charge on any atom is -0.381 e. The van der Waals surface area contributed by atoms with E-state index in [1.807, 2.05) is 24.3 Å². The number of nitrogens with zero attached hydrogens (tertiary/aromatic N) is 1. The standard InChI is InChI=1S/C36H39F2N5O2/c37-26-12-21(13-27(38)16-26)9-20-1-4-31-30(14-20)34(43-42-31)41-35(44)29-3-2-23(15-32(29)40-28-5-7-45-8-6-28)33-24-10-22-11-25(33)19-36(39,17-22)18-24/h1-4,12-16,22,24-25,28,33,40H,5-11,17-19,39H2,(H2,41,42,43,44)/t22?,24-,25+,33?,36?. The number of fused-ring (bicyclic) bond motifs is 1. The van der Waals surface area contributed by atoms with Gasteiger partial charge in [-0.1, -0.05) is 12.1 Å². The number of halogens is 2. The van der Waals surface area contributed by atoms with Gasteiger partial charge in [0.1, 0.15) is 11.6 Å². The highest BCUT2D eigenvalue weighted by atomic mass is 19.1. The van der Waals surface area contributed by atoms with Gasteiger partial charge in [0.15, 0.2) is 5.82 Å². The van der Waals surface area contributed by atoms with Gasteiger partial charge in [0.25, 0.3) is 5.91 Å². The molecule has 4 aliphatic carbocycles. The molecule has 5 aliphatic rings. The number of anilines is 2. The lowest BCUT2D eigenvalue weighted by Gasteiger charge is -2.59. The van der Waals surface area contributed by atoms with Crippen molar-refractivity contribution in [3.8, 4) is 0 Å². The summed E-state index contributed by atoms with van der Waals surface area (Å²) in [5, 5.41) is 14.9. The number of nitrogens with one attached hydrogen (secondary N) is 3. The number of aromatic amines is 1. The molecule has 5 atom stereocenters. The van der Waals surface area contributed by atoms with E-state index < -0.39 is 11.6 Å². The van der Waals surface area contributed by atoms with E-state index in [0.29, 0.717) is 54.3 Å². The number of hydrogen-bond acceptors (Lipinski definition) is 5. The summed E-state index contributed by atoms with van der Waals surface area (Å²) in [6.07, 6.45) is 8.00. The minimum absolute atomic E-state index is 0.00960. The van der Waals surface area contributed by atoms with E-state index in [9.17, 15) is 13.6 Å². The molecule has 3 aromatic carbocycles. The maximum absolute atomic E-state index is 13.9. The predicted octanol–water partition coefficient (Wildman–Crippen LogP) is 6.90. The highest BCUT2D eigenvalue weighted by Crippen LogP contribution is 2.60. The predicted molar refractivity (Wildman–Crippen MR) is 170 cm³/mol. The SMILES string of the molecule is NC12CC3C[C@H](C1)C(c1ccc(C(=O)Nc4n[nH]c5ccc(Cc6cc(F)cc(F)c6)cc45)c(NC4CCOCC4)c1)[C@@H](C3)C2. The maximum Gasteiger partial charge on any atom is 0.258 e. The second-order valence-corrected chi connectivity index (χ2v) is 14.1. The van der Waals surface area contributed by atoms with Crippen LogP contribution in [0.15, 0.2) is 54.6 Å². The smallest absolute Gasteiger partial charge is 0.258 e. The number of H-pyrrole nitrogens is 1. The van der Waals surface area contributed by atoms with Crippen molar-refractivity contribution >= 4 is 28.3 Å². The fourth-order valence-electron chi connectivity index (χ4n) is 9.17. The molecule has 45 heavy (non-hydrogen) atoms. The molecule has 1 amide bonds. The van der Waals surface area contributed by atoms with Crippen molar-refractivity contribution in [1.29, 1.82) is 0 Å². The number of benzene rings is 3. The number of carbonyl (C=O) groups excluding carboxylic acids is 1.